The molecule has 5 nitrogen and oxygen atoms in total. The van der Waals surface area contributed by atoms with Crippen molar-refractivity contribution in [1.29, 1.82) is 0 Å². The van der Waals surface area contributed by atoms with Crippen LogP contribution in [-0.2, 0) is 4.79 Å². The van der Waals surface area contributed by atoms with Gasteiger partial charge in [0.25, 0.3) is 0 Å². The molecule has 92 valence electrons. The first-order valence-corrected chi connectivity index (χ1v) is 6.43. The number of hydrogen-bond donors (Lipinski definition) is 3. The van der Waals surface area contributed by atoms with Gasteiger partial charge < -0.3 is 16.3 Å². The van der Waals surface area contributed by atoms with Gasteiger partial charge in [-0.05, 0) is 18.4 Å². The molecule has 0 heterocycles. The van der Waals surface area contributed by atoms with Crippen LogP contribution in [0.2, 0.25) is 0 Å². The second kappa shape index (κ2) is 6.80. The summed E-state index contributed by atoms with van der Waals surface area (Å²) in [5, 5.41) is 14.2. The molecule has 1 aromatic rings. The zero-order valence-corrected chi connectivity index (χ0v) is 10.3. The van der Waals surface area contributed by atoms with Crippen LogP contribution in [0.4, 0.5) is 5.69 Å². The molecule has 0 aliphatic carbocycles. The number of benzene rings is 1. The van der Waals surface area contributed by atoms with Crippen LogP contribution in [0.1, 0.15) is 12.0 Å². The maximum absolute atomic E-state index is 11.5. The third kappa shape index (κ3) is 4.36. The standard InChI is InChI=1S/C11H15N3O2S/c1-17-6-5-10(15)13-9-4-2-3-8(7-9)11(12)14-16/h2-4,7,16H,5-6H2,1H3,(H2,12,14)(H,13,15). The first kappa shape index (κ1) is 13.4. The molecule has 1 amide bonds. The average Bonchev–Trinajstić information content (AvgIpc) is 2.35. The van der Waals surface area contributed by atoms with Crippen molar-refractivity contribution < 1.29 is 10.0 Å². The van der Waals surface area contributed by atoms with Crippen molar-refractivity contribution in [2.75, 3.05) is 17.3 Å². The Kier molecular flexibility index (Phi) is 5.35. The van der Waals surface area contributed by atoms with E-state index in [2.05, 4.69) is 10.5 Å². The minimum absolute atomic E-state index is 0.0187. The highest BCUT2D eigenvalue weighted by molar-refractivity contribution is 7.98. The molecule has 0 aliphatic rings. The monoisotopic (exact) mass is 253 g/mol. The molecule has 4 N–H and O–H groups in total. The Morgan fingerprint density at radius 1 is 1.59 bits per heavy atom. The van der Waals surface area contributed by atoms with Gasteiger partial charge in [-0.1, -0.05) is 17.3 Å². The van der Waals surface area contributed by atoms with Gasteiger partial charge in [0.05, 0.1) is 0 Å². The fourth-order valence-corrected chi connectivity index (χ4v) is 1.62. The Morgan fingerprint density at radius 2 is 2.35 bits per heavy atom. The number of carbonyl (C=O) groups is 1. The molecular formula is C11H15N3O2S. The summed E-state index contributed by atoms with van der Waals surface area (Å²) in [5.41, 5.74) is 6.66. The van der Waals surface area contributed by atoms with E-state index in [1.807, 2.05) is 6.26 Å². The smallest absolute Gasteiger partial charge is 0.225 e. The van der Waals surface area contributed by atoms with Gasteiger partial charge in [-0.3, -0.25) is 4.79 Å². The second-order valence-corrected chi connectivity index (χ2v) is 4.34. The minimum Gasteiger partial charge on any atom is -0.409 e. The molecule has 17 heavy (non-hydrogen) atoms. The van der Waals surface area contributed by atoms with E-state index in [-0.39, 0.29) is 11.7 Å². The summed E-state index contributed by atoms with van der Waals surface area (Å²) in [6.07, 6.45) is 2.42. The van der Waals surface area contributed by atoms with Gasteiger partial charge in [-0.15, -0.1) is 0 Å². The number of carbonyl (C=O) groups excluding carboxylic acids is 1. The van der Waals surface area contributed by atoms with E-state index < -0.39 is 0 Å². The fourth-order valence-electron chi connectivity index (χ4n) is 1.23. The molecule has 1 aromatic carbocycles. The van der Waals surface area contributed by atoms with Crippen molar-refractivity contribution in [3.8, 4) is 0 Å². The summed E-state index contributed by atoms with van der Waals surface area (Å²) in [7, 11) is 0. The molecule has 0 unspecified atom stereocenters. The van der Waals surface area contributed by atoms with Crippen LogP contribution in [0.3, 0.4) is 0 Å². The van der Waals surface area contributed by atoms with Crippen LogP contribution in [0.25, 0.3) is 0 Å². The summed E-state index contributed by atoms with van der Waals surface area (Å²) in [4.78, 5) is 11.5. The minimum atomic E-state index is -0.0454. The fraction of sp³-hybridized carbons (Fsp3) is 0.273. The van der Waals surface area contributed by atoms with Crippen LogP contribution in [-0.4, -0.2) is 29.0 Å². The molecule has 0 spiro atoms. The molecule has 0 bridgehead atoms. The van der Waals surface area contributed by atoms with Crippen molar-refractivity contribution in [3.05, 3.63) is 29.8 Å². The van der Waals surface area contributed by atoms with Gasteiger partial charge in [0.2, 0.25) is 5.91 Å². The van der Waals surface area contributed by atoms with Gasteiger partial charge >= 0.3 is 0 Å². The van der Waals surface area contributed by atoms with E-state index in [1.165, 1.54) is 0 Å². The number of nitrogens with one attached hydrogen (secondary N) is 1. The first-order valence-electron chi connectivity index (χ1n) is 5.04. The van der Waals surface area contributed by atoms with Gasteiger partial charge in [0.1, 0.15) is 0 Å². The van der Waals surface area contributed by atoms with E-state index >= 15 is 0 Å². The summed E-state index contributed by atoms with van der Waals surface area (Å²) >= 11 is 1.62. The number of hydrogen-bond acceptors (Lipinski definition) is 4. The Balaban J connectivity index is 2.69. The van der Waals surface area contributed by atoms with Crippen molar-refractivity contribution in [2.45, 2.75) is 6.42 Å². The number of nitrogens with zero attached hydrogens (tertiary/aromatic N) is 1. The molecule has 0 saturated heterocycles. The van der Waals surface area contributed by atoms with Crippen LogP contribution in [0, 0.1) is 0 Å². The number of amides is 1. The lowest BCUT2D eigenvalue weighted by Gasteiger charge is -2.06. The lowest BCUT2D eigenvalue weighted by atomic mass is 10.2. The Morgan fingerprint density at radius 3 is 3.00 bits per heavy atom. The molecule has 0 saturated carbocycles. The number of nitrogens with two attached hydrogens (primary N) is 1. The van der Waals surface area contributed by atoms with Gasteiger partial charge in [-0.25, -0.2) is 0 Å². The van der Waals surface area contributed by atoms with E-state index in [4.69, 9.17) is 10.9 Å². The summed E-state index contributed by atoms with van der Waals surface area (Å²) in [5.74, 6) is 0.757. The van der Waals surface area contributed by atoms with E-state index in [0.717, 1.165) is 5.75 Å². The van der Waals surface area contributed by atoms with E-state index in [1.54, 1.807) is 36.0 Å². The second-order valence-electron chi connectivity index (χ2n) is 3.36. The van der Waals surface area contributed by atoms with Gasteiger partial charge in [0.15, 0.2) is 5.84 Å². The molecule has 6 heteroatoms. The van der Waals surface area contributed by atoms with Gasteiger partial charge in [-0.2, -0.15) is 11.8 Å². The lowest BCUT2D eigenvalue weighted by molar-refractivity contribution is -0.115. The third-order valence-electron chi connectivity index (χ3n) is 2.08. The Hall–Kier alpha value is -1.69. The maximum Gasteiger partial charge on any atom is 0.225 e. The highest BCUT2D eigenvalue weighted by Gasteiger charge is 2.04. The SMILES string of the molecule is CSCCC(=O)Nc1cccc(C(N)=NO)c1. The largest absolute Gasteiger partial charge is 0.409 e. The number of amidine groups is 1. The van der Waals surface area contributed by atoms with Crippen LogP contribution >= 0.6 is 11.8 Å². The highest BCUT2D eigenvalue weighted by atomic mass is 32.2. The van der Waals surface area contributed by atoms with E-state index in [9.17, 15) is 4.79 Å². The molecule has 0 aromatic heterocycles. The van der Waals surface area contributed by atoms with Crippen molar-refractivity contribution in [1.82, 2.24) is 0 Å². The highest BCUT2D eigenvalue weighted by Crippen LogP contribution is 2.11. The lowest BCUT2D eigenvalue weighted by Crippen LogP contribution is -2.15. The van der Waals surface area contributed by atoms with E-state index in [0.29, 0.717) is 17.7 Å². The summed E-state index contributed by atoms with van der Waals surface area (Å²) in [6.45, 7) is 0. The predicted octanol–water partition coefficient (Wildman–Crippen LogP) is 1.47. The first-order chi connectivity index (χ1) is 8.17. The van der Waals surface area contributed by atoms with Crippen LogP contribution in [0.15, 0.2) is 29.4 Å². The van der Waals surface area contributed by atoms with Crippen molar-refractivity contribution in [3.63, 3.8) is 0 Å². The quantitative estimate of drug-likeness (QED) is 0.321. The average molecular weight is 253 g/mol. The molecule has 1 rings (SSSR count). The molecule has 0 radical (unpaired) electrons. The predicted molar refractivity (Wildman–Crippen MR) is 70.6 cm³/mol. The summed E-state index contributed by atoms with van der Waals surface area (Å²) < 4.78 is 0. The number of rotatable bonds is 5. The van der Waals surface area contributed by atoms with Crippen molar-refractivity contribution >= 4 is 29.2 Å². The molecule has 0 atom stereocenters. The maximum atomic E-state index is 11.5. The zero-order valence-electron chi connectivity index (χ0n) is 9.51. The summed E-state index contributed by atoms with van der Waals surface area (Å²) in [6, 6.07) is 6.85. The van der Waals surface area contributed by atoms with Crippen LogP contribution in [0.5, 0.6) is 0 Å². The third-order valence-corrected chi connectivity index (χ3v) is 2.70. The normalized spacial score (nSPS) is 11.2. The molecule has 0 fully saturated rings. The van der Waals surface area contributed by atoms with Crippen LogP contribution < -0.4 is 11.1 Å². The van der Waals surface area contributed by atoms with Crippen molar-refractivity contribution in [2.24, 2.45) is 10.9 Å². The number of anilines is 1. The van der Waals surface area contributed by atoms with Gasteiger partial charge in [0, 0.05) is 23.4 Å². The Labute approximate surface area is 104 Å². The zero-order chi connectivity index (χ0) is 12.7. The molecule has 0 aliphatic heterocycles. The molecular weight excluding hydrogens is 238 g/mol. The number of oxime groups is 1. The topological polar surface area (TPSA) is 87.7 Å². The Bertz CT molecular complexity index is 421. The number of thioether (sulfide) groups is 1.